The lowest BCUT2D eigenvalue weighted by molar-refractivity contribution is -0.139. The van der Waals surface area contributed by atoms with E-state index < -0.39 is 12.1 Å². The Labute approximate surface area is 104 Å². The molecule has 0 aliphatic carbocycles. The summed E-state index contributed by atoms with van der Waals surface area (Å²) in [5.74, 6) is -1.04. The second kappa shape index (κ2) is 5.01. The van der Waals surface area contributed by atoms with Gasteiger partial charge in [0.05, 0.1) is 17.8 Å². The summed E-state index contributed by atoms with van der Waals surface area (Å²) in [5.41, 5.74) is 2.15. The fourth-order valence-corrected chi connectivity index (χ4v) is 1.81. The number of aliphatic hydroxyl groups excluding tert-OH is 1. The number of aryl methyl sites for hydroxylation is 1. The molecular formula is C13H14N2O3. The SMILES string of the molecule is Cn1nc(-c2ccccc2)cc1[C@@H](O)CC(=O)O. The van der Waals surface area contributed by atoms with Crippen LogP contribution in [-0.2, 0) is 11.8 Å². The molecule has 1 heterocycles. The molecule has 0 aliphatic rings. The average molecular weight is 246 g/mol. The summed E-state index contributed by atoms with van der Waals surface area (Å²) < 4.78 is 1.51. The minimum absolute atomic E-state index is 0.326. The molecule has 5 heteroatoms. The number of aliphatic hydroxyl groups is 1. The summed E-state index contributed by atoms with van der Waals surface area (Å²) in [6, 6.07) is 11.2. The highest BCUT2D eigenvalue weighted by molar-refractivity contribution is 5.68. The number of nitrogens with zero attached hydrogens (tertiary/aromatic N) is 2. The van der Waals surface area contributed by atoms with E-state index in [0.717, 1.165) is 11.3 Å². The van der Waals surface area contributed by atoms with Gasteiger partial charge in [-0.05, 0) is 6.07 Å². The first kappa shape index (κ1) is 12.3. The molecule has 18 heavy (non-hydrogen) atoms. The van der Waals surface area contributed by atoms with Gasteiger partial charge in [0.15, 0.2) is 0 Å². The number of aliphatic carboxylic acids is 1. The summed E-state index contributed by atoms with van der Waals surface area (Å²) in [6.07, 6.45) is -1.37. The van der Waals surface area contributed by atoms with Crippen LogP contribution in [0.3, 0.4) is 0 Å². The van der Waals surface area contributed by atoms with Gasteiger partial charge < -0.3 is 10.2 Å². The van der Waals surface area contributed by atoms with Crippen molar-refractivity contribution in [3.63, 3.8) is 0 Å². The molecule has 0 fully saturated rings. The van der Waals surface area contributed by atoms with Gasteiger partial charge in [0.1, 0.15) is 6.10 Å². The largest absolute Gasteiger partial charge is 0.481 e. The first-order valence-corrected chi connectivity index (χ1v) is 5.57. The molecule has 94 valence electrons. The molecule has 0 unspecified atom stereocenters. The van der Waals surface area contributed by atoms with Gasteiger partial charge in [-0.3, -0.25) is 9.48 Å². The summed E-state index contributed by atoms with van der Waals surface area (Å²) in [7, 11) is 1.69. The Bertz CT molecular complexity index is 549. The summed E-state index contributed by atoms with van der Waals surface area (Å²) in [5, 5.41) is 22.7. The number of benzene rings is 1. The zero-order chi connectivity index (χ0) is 13.1. The Morgan fingerprint density at radius 2 is 2.06 bits per heavy atom. The van der Waals surface area contributed by atoms with Crippen molar-refractivity contribution in [1.82, 2.24) is 9.78 Å². The van der Waals surface area contributed by atoms with E-state index in [1.807, 2.05) is 30.3 Å². The number of carboxylic acid groups (broad SMARTS) is 1. The molecule has 2 aromatic rings. The van der Waals surface area contributed by atoms with Crippen molar-refractivity contribution < 1.29 is 15.0 Å². The van der Waals surface area contributed by atoms with E-state index in [1.54, 1.807) is 13.1 Å². The number of rotatable bonds is 4. The summed E-state index contributed by atoms with van der Waals surface area (Å²) in [4.78, 5) is 10.6. The van der Waals surface area contributed by atoms with Crippen LogP contribution in [0.1, 0.15) is 18.2 Å². The third kappa shape index (κ3) is 2.57. The lowest BCUT2D eigenvalue weighted by atomic mass is 10.1. The van der Waals surface area contributed by atoms with Gasteiger partial charge in [-0.15, -0.1) is 0 Å². The molecule has 0 amide bonds. The minimum Gasteiger partial charge on any atom is -0.481 e. The van der Waals surface area contributed by atoms with Crippen LogP contribution in [0, 0.1) is 0 Å². The van der Waals surface area contributed by atoms with Crippen LogP contribution in [0.25, 0.3) is 11.3 Å². The van der Waals surface area contributed by atoms with Crippen molar-refractivity contribution in [2.45, 2.75) is 12.5 Å². The van der Waals surface area contributed by atoms with Gasteiger partial charge in [0.25, 0.3) is 0 Å². The van der Waals surface area contributed by atoms with Crippen LogP contribution in [0.5, 0.6) is 0 Å². The van der Waals surface area contributed by atoms with Gasteiger partial charge in [-0.25, -0.2) is 0 Å². The lowest BCUT2D eigenvalue weighted by Crippen LogP contribution is -2.09. The molecule has 2 rings (SSSR count). The van der Waals surface area contributed by atoms with E-state index in [9.17, 15) is 9.90 Å². The third-order valence-corrected chi connectivity index (χ3v) is 2.69. The molecule has 2 N–H and O–H groups in total. The Balaban J connectivity index is 2.30. The van der Waals surface area contributed by atoms with Crippen LogP contribution in [0.15, 0.2) is 36.4 Å². The highest BCUT2D eigenvalue weighted by Crippen LogP contribution is 2.23. The molecule has 1 aromatic carbocycles. The molecule has 0 spiro atoms. The van der Waals surface area contributed by atoms with E-state index >= 15 is 0 Å². The number of aromatic nitrogens is 2. The van der Waals surface area contributed by atoms with Gasteiger partial charge in [0, 0.05) is 12.6 Å². The van der Waals surface area contributed by atoms with E-state index in [4.69, 9.17) is 5.11 Å². The number of hydrogen-bond acceptors (Lipinski definition) is 3. The molecule has 0 aliphatic heterocycles. The van der Waals surface area contributed by atoms with E-state index in [-0.39, 0.29) is 6.42 Å². The maximum Gasteiger partial charge on any atom is 0.306 e. The fraction of sp³-hybridized carbons (Fsp3) is 0.231. The van der Waals surface area contributed by atoms with Crippen LogP contribution < -0.4 is 0 Å². The predicted molar refractivity (Wildman–Crippen MR) is 65.9 cm³/mol. The van der Waals surface area contributed by atoms with Crippen LogP contribution in [0.4, 0.5) is 0 Å². The molecule has 0 saturated carbocycles. The van der Waals surface area contributed by atoms with Crippen molar-refractivity contribution in [3.05, 3.63) is 42.1 Å². The molecule has 0 bridgehead atoms. The fourth-order valence-electron chi connectivity index (χ4n) is 1.81. The maximum atomic E-state index is 10.6. The average Bonchev–Trinajstić information content (AvgIpc) is 2.72. The molecule has 5 nitrogen and oxygen atoms in total. The second-order valence-corrected chi connectivity index (χ2v) is 4.06. The second-order valence-electron chi connectivity index (χ2n) is 4.06. The first-order chi connectivity index (χ1) is 8.58. The van der Waals surface area contributed by atoms with E-state index in [2.05, 4.69) is 5.10 Å². The highest BCUT2D eigenvalue weighted by Gasteiger charge is 2.17. The van der Waals surface area contributed by atoms with Crippen LogP contribution in [-0.4, -0.2) is 26.0 Å². The van der Waals surface area contributed by atoms with Crippen molar-refractivity contribution in [2.75, 3.05) is 0 Å². The van der Waals surface area contributed by atoms with E-state index in [0.29, 0.717) is 5.69 Å². The molecule has 1 atom stereocenters. The van der Waals surface area contributed by atoms with Gasteiger partial charge in [-0.2, -0.15) is 5.10 Å². The highest BCUT2D eigenvalue weighted by atomic mass is 16.4. The van der Waals surface area contributed by atoms with Crippen molar-refractivity contribution in [3.8, 4) is 11.3 Å². The van der Waals surface area contributed by atoms with Gasteiger partial charge >= 0.3 is 5.97 Å². The third-order valence-electron chi connectivity index (χ3n) is 2.69. The monoisotopic (exact) mass is 246 g/mol. The lowest BCUT2D eigenvalue weighted by Gasteiger charge is -2.07. The maximum absolute atomic E-state index is 10.6. The molecule has 0 saturated heterocycles. The van der Waals surface area contributed by atoms with Gasteiger partial charge in [-0.1, -0.05) is 30.3 Å². The smallest absolute Gasteiger partial charge is 0.306 e. The number of carbonyl (C=O) groups is 1. The van der Waals surface area contributed by atoms with Gasteiger partial charge in [0.2, 0.25) is 0 Å². The zero-order valence-corrected chi connectivity index (χ0v) is 9.95. The zero-order valence-electron chi connectivity index (χ0n) is 9.95. The Morgan fingerprint density at radius 1 is 1.39 bits per heavy atom. The molecule has 0 radical (unpaired) electrons. The predicted octanol–water partition coefficient (Wildman–Crippen LogP) is 1.60. The molecule has 1 aromatic heterocycles. The summed E-state index contributed by atoms with van der Waals surface area (Å²) in [6.45, 7) is 0. The Kier molecular flexibility index (Phi) is 3.43. The number of hydrogen-bond donors (Lipinski definition) is 2. The summed E-state index contributed by atoms with van der Waals surface area (Å²) >= 11 is 0. The molecular weight excluding hydrogens is 232 g/mol. The quantitative estimate of drug-likeness (QED) is 0.859. The minimum atomic E-state index is -1.04. The Hall–Kier alpha value is -2.14. The van der Waals surface area contributed by atoms with Crippen LogP contribution in [0.2, 0.25) is 0 Å². The van der Waals surface area contributed by atoms with Crippen molar-refractivity contribution in [2.24, 2.45) is 7.05 Å². The van der Waals surface area contributed by atoms with E-state index in [1.165, 1.54) is 4.68 Å². The Morgan fingerprint density at radius 3 is 2.67 bits per heavy atom. The number of carboxylic acids is 1. The van der Waals surface area contributed by atoms with Crippen LogP contribution >= 0.6 is 0 Å². The standard InChI is InChI=1S/C13H14N2O3/c1-15-11(12(16)8-13(17)18)7-10(14-15)9-5-3-2-4-6-9/h2-7,12,16H,8H2,1H3,(H,17,18)/t12-/m0/s1. The normalized spacial score (nSPS) is 12.3. The first-order valence-electron chi connectivity index (χ1n) is 5.57. The topological polar surface area (TPSA) is 75.3 Å². The van der Waals surface area contributed by atoms with Crippen molar-refractivity contribution >= 4 is 5.97 Å². The van der Waals surface area contributed by atoms with Crippen molar-refractivity contribution in [1.29, 1.82) is 0 Å².